The lowest BCUT2D eigenvalue weighted by Crippen LogP contribution is -2.48. The van der Waals surface area contributed by atoms with Crippen LogP contribution in [0.4, 0.5) is 5.69 Å². The van der Waals surface area contributed by atoms with Crippen LogP contribution >= 0.6 is 11.6 Å². The van der Waals surface area contributed by atoms with Crippen molar-refractivity contribution < 1.29 is 9.53 Å². The molecule has 2 aromatic heterocycles. The summed E-state index contributed by atoms with van der Waals surface area (Å²) in [5, 5.41) is 1.80. The van der Waals surface area contributed by atoms with Crippen molar-refractivity contribution >= 4 is 34.1 Å². The number of nitrogens with one attached hydrogen (secondary N) is 1. The van der Waals surface area contributed by atoms with Crippen LogP contribution in [0.3, 0.4) is 0 Å². The number of piperazine rings is 1. The van der Waals surface area contributed by atoms with Gasteiger partial charge >= 0.3 is 0 Å². The number of carbonyl (C=O) groups excluding carboxylic acids is 1. The molecule has 3 heterocycles. The number of hydrogen-bond donors (Lipinski definition) is 1. The van der Waals surface area contributed by atoms with E-state index >= 15 is 0 Å². The number of methoxy groups -OCH3 is 1. The van der Waals surface area contributed by atoms with Gasteiger partial charge in [0.1, 0.15) is 5.75 Å². The second-order valence-corrected chi connectivity index (χ2v) is 9.24. The molecule has 1 fully saturated rings. The van der Waals surface area contributed by atoms with E-state index in [0.29, 0.717) is 11.4 Å². The minimum absolute atomic E-state index is 0.219. The summed E-state index contributed by atoms with van der Waals surface area (Å²) in [6.45, 7) is 3.16. The zero-order chi connectivity index (χ0) is 24.2. The molecule has 7 heteroatoms. The Morgan fingerprint density at radius 2 is 1.86 bits per heavy atom. The molecule has 4 aromatic rings. The fraction of sp³-hybridized carbons (Fsp3) is 0.286. The predicted octanol–water partition coefficient (Wildman–Crippen LogP) is 5.56. The molecule has 1 amide bonds. The lowest BCUT2D eigenvalue weighted by atomic mass is 10.0. The first kappa shape index (κ1) is 23.2. The lowest BCUT2D eigenvalue weighted by molar-refractivity contribution is -0.131. The summed E-state index contributed by atoms with van der Waals surface area (Å²) in [7, 11) is 1.67. The van der Waals surface area contributed by atoms with Gasteiger partial charge in [0.05, 0.1) is 18.5 Å². The minimum atomic E-state index is 0.219. The summed E-state index contributed by atoms with van der Waals surface area (Å²) in [6.07, 6.45) is 3.88. The maximum Gasteiger partial charge on any atom is 0.222 e. The van der Waals surface area contributed by atoms with Crippen LogP contribution in [0.5, 0.6) is 5.75 Å². The van der Waals surface area contributed by atoms with Crippen LogP contribution in [-0.2, 0) is 11.2 Å². The summed E-state index contributed by atoms with van der Waals surface area (Å²) < 4.78 is 5.25. The number of pyridine rings is 1. The Morgan fingerprint density at radius 1 is 1.06 bits per heavy atom. The van der Waals surface area contributed by atoms with Crippen LogP contribution in [0.1, 0.15) is 18.4 Å². The smallest absolute Gasteiger partial charge is 0.222 e. The number of anilines is 1. The lowest BCUT2D eigenvalue weighted by Gasteiger charge is -2.36. The van der Waals surface area contributed by atoms with Crippen LogP contribution in [0.2, 0.25) is 5.02 Å². The van der Waals surface area contributed by atoms with Crippen LogP contribution < -0.4 is 9.64 Å². The van der Waals surface area contributed by atoms with Gasteiger partial charge in [0, 0.05) is 60.4 Å². The molecular formula is C28H29ClN4O2. The molecule has 1 saturated heterocycles. The molecule has 0 unspecified atom stereocenters. The molecule has 6 nitrogen and oxygen atoms in total. The largest absolute Gasteiger partial charge is 0.497 e. The fourth-order valence-electron chi connectivity index (χ4n) is 4.79. The normalized spacial score (nSPS) is 13.9. The third-order valence-corrected chi connectivity index (χ3v) is 6.91. The summed E-state index contributed by atoms with van der Waals surface area (Å²) >= 11 is 6.30. The Bertz CT molecular complexity index is 1300. The summed E-state index contributed by atoms with van der Waals surface area (Å²) in [5.41, 5.74) is 5.27. The molecule has 35 heavy (non-hydrogen) atoms. The highest BCUT2D eigenvalue weighted by Crippen LogP contribution is 2.32. The Labute approximate surface area is 210 Å². The van der Waals surface area contributed by atoms with Crippen molar-refractivity contribution in [2.24, 2.45) is 0 Å². The number of benzene rings is 2. The van der Waals surface area contributed by atoms with Gasteiger partial charge in [0.15, 0.2) is 0 Å². The molecule has 0 spiro atoms. The molecule has 0 radical (unpaired) electrons. The van der Waals surface area contributed by atoms with Crippen molar-refractivity contribution in [2.45, 2.75) is 19.3 Å². The number of aryl methyl sites for hydroxylation is 1. The molecule has 0 saturated carbocycles. The second kappa shape index (κ2) is 10.4. The van der Waals surface area contributed by atoms with E-state index in [4.69, 9.17) is 16.3 Å². The fourth-order valence-corrected chi connectivity index (χ4v) is 4.96. The first-order valence-corrected chi connectivity index (χ1v) is 12.4. The first-order valence-electron chi connectivity index (χ1n) is 12.0. The number of H-pyrrole nitrogens is 1. The average Bonchev–Trinajstić information content (AvgIpc) is 3.27. The van der Waals surface area contributed by atoms with Gasteiger partial charge < -0.3 is 19.5 Å². The molecule has 2 aromatic carbocycles. The van der Waals surface area contributed by atoms with E-state index in [-0.39, 0.29) is 5.91 Å². The van der Waals surface area contributed by atoms with Gasteiger partial charge in [-0.25, -0.2) is 0 Å². The number of nitrogens with zero attached hydrogens (tertiary/aromatic N) is 3. The quantitative estimate of drug-likeness (QED) is 0.370. The highest BCUT2D eigenvalue weighted by Gasteiger charge is 2.22. The summed E-state index contributed by atoms with van der Waals surface area (Å²) in [6, 6.07) is 19.9. The van der Waals surface area contributed by atoms with Crippen molar-refractivity contribution in [1.82, 2.24) is 14.9 Å². The maximum absolute atomic E-state index is 13.0. The number of carbonyl (C=O) groups is 1. The standard InChI is InChI=1S/C28H29ClN4O2/c1-35-22-11-9-21(10-12-22)32-15-17-33(18-16-32)27(34)7-4-5-23-24-19-20(29)8-13-25(24)31-28(23)26-6-2-3-14-30-26/h2-3,6,8-14,19,31H,4-5,7,15-18H2,1H3. The van der Waals surface area contributed by atoms with Gasteiger partial charge in [-0.15, -0.1) is 0 Å². The third kappa shape index (κ3) is 5.13. The molecule has 0 aliphatic carbocycles. The maximum atomic E-state index is 13.0. The topological polar surface area (TPSA) is 61.5 Å². The van der Waals surface area contributed by atoms with E-state index in [9.17, 15) is 4.79 Å². The number of halogens is 1. The van der Waals surface area contributed by atoms with Crippen molar-refractivity contribution in [3.05, 3.63) is 77.4 Å². The molecule has 1 N–H and O–H groups in total. The van der Waals surface area contributed by atoms with Gasteiger partial charge in [-0.05, 0) is 73.0 Å². The van der Waals surface area contributed by atoms with Gasteiger partial charge in [-0.3, -0.25) is 9.78 Å². The van der Waals surface area contributed by atoms with E-state index in [1.807, 2.05) is 53.4 Å². The van der Waals surface area contributed by atoms with Gasteiger partial charge in [0.2, 0.25) is 5.91 Å². The zero-order valence-corrected chi connectivity index (χ0v) is 20.6. The number of rotatable bonds is 7. The molecule has 1 aliphatic rings. The summed E-state index contributed by atoms with van der Waals surface area (Å²) in [4.78, 5) is 25.3. The van der Waals surface area contributed by atoms with Crippen molar-refractivity contribution in [3.8, 4) is 17.1 Å². The number of aromatic amines is 1. The number of aromatic nitrogens is 2. The number of ether oxygens (including phenoxy) is 1. The van der Waals surface area contributed by atoms with E-state index in [1.54, 1.807) is 13.3 Å². The molecule has 1 aliphatic heterocycles. The van der Waals surface area contributed by atoms with Crippen LogP contribution in [-0.4, -0.2) is 54.1 Å². The molecule has 0 bridgehead atoms. The van der Waals surface area contributed by atoms with Gasteiger partial charge in [0.25, 0.3) is 0 Å². The third-order valence-electron chi connectivity index (χ3n) is 6.68. The Balaban J connectivity index is 1.21. The van der Waals surface area contributed by atoms with Gasteiger partial charge in [-0.1, -0.05) is 17.7 Å². The molecule has 0 atom stereocenters. The number of hydrogen-bond acceptors (Lipinski definition) is 4. The molecule has 180 valence electrons. The first-order chi connectivity index (χ1) is 17.1. The van der Waals surface area contributed by atoms with E-state index in [0.717, 1.165) is 72.7 Å². The predicted molar refractivity (Wildman–Crippen MR) is 141 cm³/mol. The second-order valence-electron chi connectivity index (χ2n) is 8.80. The van der Waals surface area contributed by atoms with Gasteiger partial charge in [-0.2, -0.15) is 0 Å². The number of amides is 1. The molecular weight excluding hydrogens is 460 g/mol. The average molecular weight is 489 g/mol. The van der Waals surface area contributed by atoms with Crippen molar-refractivity contribution in [1.29, 1.82) is 0 Å². The van der Waals surface area contributed by atoms with E-state index in [1.165, 1.54) is 5.56 Å². The summed E-state index contributed by atoms with van der Waals surface area (Å²) in [5.74, 6) is 1.07. The Morgan fingerprint density at radius 3 is 2.57 bits per heavy atom. The molecule has 5 rings (SSSR count). The Hall–Kier alpha value is -3.51. The van der Waals surface area contributed by atoms with Crippen LogP contribution in [0.25, 0.3) is 22.3 Å². The van der Waals surface area contributed by atoms with E-state index in [2.05, 4.69) is 27.0 Å². The highest BCUT2D eigenvalue weighted by atomic mass is 35.5. The van der Waals surface area contributed by atoms with E-state index < -0.39 is 0 Å². The van der Waals surface area contributed by atoms with Crippen molar-refractivity contribution in [2.75, 3.05) is 38.2 Å². The van der Waals surface area contributed by atoms with Crippen LogP contribution in [0, 0.1) is 0 Å². The van der Waals surface area contributed by atoms with Crippen molar-refractivity contribution in [3.63, 3.8) is 0 Å². The zero-order valence-electron chi connectivity index (χ0n) is 19.8. The minimum Gasteiger partial charge on any atom is -0.497 e. The Kier molecular flexibility index (Phi) is 6.91. The number of fused-ring (bicyclic) bond motifs is 1. The monoisotopic (exact) mass is 488 g/mol. The van der Waals surface area contributed by atoms with Crippen LogP contribution in [0.15, 0.2) is 66.9 Å². The highest BCUT2D eigenvalue weighted by molar-refractivity contribution is 6.31. The SMILES string of the molecule is COc1ccc(N2CCN(C(=O)CCCc3c(-c4ccccn4)[nH]c4ccc(Cl)cc34)CC2)cc1.